The third-order valence-corrected chi connectivity index (χ3v) is 3.26. The standard InChI is InChI=1S/C12H11F6N/c13-11(14,15)6-4-8-7(2-1-3-10(8)19)9(5-6)12(16,17)18/h4-5,10H,1-3,19H2. The Morgan fingerprint density at radius 1 is 1.00 bits per heavy atom. The van der Waals surface area contributed by atoms with Crippen LogP contribution in [-0.4, -0.2) is 0 Å². The first-order chi connectivity index (χ1) is 8.60. The van der Waals surface area contributed by atoms with E-state index in [1.165, 1.54) is 0 Å². The van der Waals surface area contributed by atoms with Crippen LogP contribution in [0.25, 0.3) is 0 Å². The zero-order valence-corrected chi connectivity index (χ0v) is 9.70. The molecule has 106 valence electrons. The van der Waals surface area contributed by atoms with Gasteiger partial charge in [-0.25, -0.2) is 0 Å². The SMILES string of the molecule is NC1CCCc2c1cc(C(F)(F)F)cc2C(F)(F)F. The van der Waals surface area contributed by atoms with E-state index in [1.54, 1.807) is 0 Å². The first kappa shape index (κ1) is 14.2. The molecule has 1 aromatic rings. The summed E-state index contributed by atoms with van der Waals surface area (Å²) in [4.78, 5) is 0. The fourth-order valence-corrected chi connectivity index (χ4v) is 2.38. The monoisotopic (exact) mass is 283 g/mol. The Morgan fingerprint density at radius 3 is 2.16 bits per heavy atom. The predicted octanol–water partition coefficient (Wildman–Crippen LogP) is 4.06. The highest BCUT2D eigenvalue weighted by Gasteiger charge is 2.40. The molecular weight excluding hydrogens is 272 g/mol. The van der Waals surface area contributed by atoms with E-state index >= 15 is 0 Å². The maximum Gasteiger partial charge on any atom is 0.416 e. The highest BCUT2D eigenvalue weighted by molar-refractivity contribution is 5.44. The van der Waals surface area contributed by atoms with Gasteiger partial charge in [-0.1, -0.05) is 0 Å². The van der Waals surface area contributed by atoms with Crippen molar-refractivity contribution in [1.29, 1.82) is 0 Å². The van der Waals surface area contributed by atoms with E-state index in [-0.39, 0.29) is 23.6 Å². The van der Waals surface area contributed by atoms with Crippen molar-refractivity contribution in [3.63, 3.8) is 0 Å². The zero-order valence-electron chi connectivity index (χ0n) is 9.70. The topological polar surface area (TPSA) is 26.0 Å². The molecule has 1 aromatic carbocycles. The van der Waals surface area contributed by atoms with Crippen molar-refractivity contribution in [3.8, 4) is 0 Å². The second-order valence-corrected chi connectivity index (χ2v) is 4.59. The summed E-state index contributed by atoms with van der Waals surface area (Å²) in [5.74, 6) is 0. The van der Waals surface area contributed by atoms with E-state index in [0.717, 1.165) is 6.07 Å². The minimum absolute atomic E-state index is 0.0339. The molecule has 1 nitrogen and oxygen atoms in total. The van der Waals surface area contributed by atoms with Crippen molar-refractivity contribution in [3.05, 3.63) is 34.4 Å². The van der Waals surface area contributed by atoms with Crippen LogP contribution in [0.2, 0.25) is 0 Å². The number of rotatable bonds is 0. The van der Waals surface area contributed by atoms with E-state index in [2.05, 4.69) is 0 Å². The Bertz CT molecular complexity index is 488. The molecule has 1 aliphatic rings. The predicted molar refractivity (Wildman–Crippen MR) is 56.3 cm³/mol. The molecule has 0 aliphatic heterocycles. The van der Waals surface area contributed by atoms with Gasteiger partial charge in [0.15, 0.2) is 0 Å². The Hall–Kier alpha value is -1.24. The van der Waals surface area contributed by atoms with Gasteiger partial charge in [-0.2, -0.15) is 26.3 Å². The van der Waals surface area contributed by atoms with E-state index in [4.69, 9.17) is 5.73 Å². The fourth-order valence-electron chi connectivity index (χ4n) is 2.38. The van der Waals surface area contributed by atoms with Crippen LogP contribution in [0.5, 0.6) is 0 Å². The number of nitrogens with two attached hydrogens (primary N) is 1. The summed E-state index contributed by atoms with van der Waals surface area (Å²) >= 11 is 0. The van der Waals surface area contributed by atoms with Crippen molar-refractivity contribution in [2.45, 2.75) is 37.7 Å². The summed E-state index contributed by atoms with van der Waals surface area (Å²) in [6.07, 6.45) is -8.67. The van der Waals surface area contributed by atoms with Gasteiger partial charge in [-0.05, 0) is 42.5 Å². The van der Waals surface area contributed by atoms with Gasteiger partial charge >= 0.3 is 12.4 Å². The van der Waals surface area contributed by atoms with Gasteiger partial charge in [0, 0.05) is 6.04 Å². The second-order valence-electron chi connectivity index (χ2n) is 4.59. The lowest BCUT2D eigenvalue weighted by Gasteiger charge is -2.27. The lowest BCUT2D eigenvalue weighted by molar-refractivity contribution is -0.143. The average Bonchev–Trinajstić information content (AvgIpc) is 2.25. The quantitative estimate of drug-likeness (QED) is 0.714. The normalized spacial score (nSPS) is 20.3. The molecule has 2 N–H and O–H groups in total. The van der Waals surface area contributed by atoms with Crippen LogP contribution < -0.4 is 5.73 Å². The molecule has 1 atom stereocenters. The van der Waals surface area contributed by atoms with Gasteiger partial charge in [0.25, 0.3) is 0 Å². The number of alkyl halides is 6. The van der Waals surface area contributed by atoms with Gasteiger partial charge in [-0.3, -0.25) is 0 Å². The lowest BCUT2D eigenvalue weighted by atomic mass is 9.83. The molecule has 0 radical (unpaired) electrons. The molecule has 0 saturated heterocycles. The fraction of sp³-hybridized carbons (Fsp3) is 0.500. The van der Waals surface area contributed by atoms with Crippen molar-refractivity contribution in [2.24, 2.45) is 5.73 Å². The summed E-state index contributed by atoms with van der Waals surface area (Å²) in [7, 11) is 0. The third-order valence-electron chi connectivity index (χ3n) is 3.26. The highest BCUT2D eigenvalue weighted by atomic mass is 19.4. The largest absolute Gasteiger partial charge is 0.416 e. The molecule has 1 unspecified atom stereocenters. The van der Waals surface area contributed by atoms with E-state index in [9.17, 15) is 26.3 Å². The molecule has 0 fully saturated rings. The van der Waals surface area contributed by atoms with E-state index in [0.29, 0.717) is 12.8 Å². The maximum absolute atomic E-state index is 12.9. The minimum atomic E-state index is -4.81. The van der Waals surface area contributed by atoms with Crippen LogP contribution in [-0.2, 0) is 18.8 Å². The molecule has 0 heterocycles. The van der Waals surface area contributed by atoms with Gasteiger partial charge in [0.05, 0.1) is 11.1 Å². The van der Waals surface area contributed by atoms with Crippen molar-refractivity contribution in [2.75, 3.05) is 0 Å². The summed E-state index contributed by atoms with van der Waals surface area (Å²) in [6, 6.07) is 0.151. The van der Waals surface area contributed by atoms with E-state index in [1.807, 2.05) is 0 Å². The first-order valence-electron chi connectivity index (χ1n) is 5.67. The molecule has 0 aromatic heterocycles. The second kappa shape index (κ2) is 4.40. The van der Waals surface area contributed by atoms with Crippen molar-refractivity contribution < 1.29 is 26.3 Å². The Kier molecular flexibility index (Phi) is 3.28. The molecule has 0 amide bonds. The Balaban J connectivity index is 2.68. The van der Waals surface area contributed by atoms with Crippen LogP contribution in [0.3, 0.4) is 0 Å². The molecule has 2 rings (SSSR count). The number of fused-ring (bicyclic) bond motifs is 1. The number of benzene rings is 1. The summed E-state index contributed by atoms with van der Waals surface area (Å²) in [5, 5.41) is 0. The van der Waals surface area contributed by atoms with Crippen LogP contribution >= 0.6 is 0 Å². The first-order valence-corrected chi connectivity index (χ1v) is 5.67. The number of hydrogen-bond acceptors (Lipinski definition) is 1. The Morgan fingerprint density at radius 2 is 1.63 bits per heavy atom. The van der Waals surface area contributed by atoms with E-state index < -0.39 is 29.5 Å². The summed E-state index contributed by atoms with van der Waals surface area (Å²) < 4.78 is 76.5. The van der Waals surface area contributed by atoms with Gasteiger partial charge < -0.3 is 5.73 Å². The Labute approximate surface area is 105 Å². The zero-order chi connectivity index (χ0) is 14.4. The van der Waals surface area contributed by atoms with Crippen LogP contribution in [0, 0.1) is 0 Å². The van der Waals surface area contributed by atoms with Crippen LogP contribution in [0.15, 0.2) is 12.1 Å². The smallest absolute Gasteiger partial charge is 0.324 e. The molecule has 7 heteroatoms. The summed E-state index contributed by atoms with van der Waals surface area (Å²) in [6.45, 7) is 0. The number of hydrogen-bond donors (Lipinski definition) is 1. The average molecular weight is 283 g/mol. The van der Waals surface area contributed by atoms with Crippen molar-refractivity contribution in [1.82, 2.24) is 0 Å². The molecule has 0 bridgehead atoms. The minimum Gasteiger partial charge on any atom is -0.324 e. The van der Waals surface area contributed by atoms with Crippen LogP contribution in [0.1, 0.15) is 41.1 Å². The lowest BCUT2D eigenvalue weighted by Crippen LogP contribution is -2.23. The molecule has 1 aliphatic carbocycles. The van der Waals surface area contributed by atoms with Gasteiger partial charge in [0.1, 0.15) is 0 Å². The number of halogens is 6. The molecule has 0 saturated carbocycles. The van der Waals surface area contributed by atoms with Crippen LogP contribution in [0.4, 0.5) is 26.3 Å². The van der Waals surface area contributed by atoms with Gasteiger partial charge in [0.2, 0.25) is 0 Å². The molecule has 0 spiro atoms. The maximum atomic E-state index is 12.9. The van der Waals surface area contributed by atoms with Crippen molar-refractivity contribution >= 4 is 0 Å². The molecular formula is C12H11F6N. The third kappa shape index (κ3) is 2.70. The summed E-state index contributed by atoms with van der Waals surface area (Å²) in [5.41, 5.74) is 2.99. The molecule has 19 heavy (non-hydrogen) atoms. The van der Waals surface area contributed by atoms with Gasteiger partial charge in [-0.15, -0.1) is 0 Å². The highest BCUT2D eigenvalue weighted by Crippen LogP contribution is 2.42.